The number of nitrogens with one attached hydrogen (secondary N) is 1. The summed E-state index contributed by atoms with van der Waals surface area (Å²) in [4.78, 5) is 28.3. The summed E-state index contributed by atoms with van der Waals surface area (Å²) in [6, 6.07) is 3.23. The lowest BCUT2D eigenvalue weighted by molar-refractivity contribution is -0.139. The maximum atomic E-state index is 13.7. The molecular weight excluding hydrogens is 428 g/mol. The quantitative estimate of drug-likeness (QED) is 0.503. The Morgan fingerprint density at radius 2 is 2.07 bits per heavy atom. The number of nitroso groups, excluding NO2 is 1. The number of anilines is 1. The van der Waals surface area contributed by atoms with Crippen LogP contribution in [-0.2, 0) is 12.7 Å². The number of benzene rings is 1. The molecule has 11 heteroatoms. The lowest BCUT2D eigenvalue weighted by atomic mass is 10.0. The van der Waals surface area contributed by atoms with Crippen molar-refractivity contribution in [3.63, 3.8) is 0 Å². The summed E-state index contributed by atoms with van der Waals surface area (Å²) in [5, 5.41) is 5.53. The number of amides is 2. The predicted molar refractivity (Wildman–Crippen MR) is 103 cm³/mol. The van der Waals surface area contributed by atoms with E-state index in [9.17, 15) is 27.3 Å². The highest BCUT2D eigenvalue weighted by atomic mass is 35.5. The zero-order valence-corrected chi connectivity index (χ0v) is 16.1. The number of rotatable bonds is 4. The first kappa shape index (κ1) is 21.7. The van der Waals surface area contributed by atoms with Crippen LogP contribution in [0.15, 0.2) is 41.7 Å². The molecule has 0 unspecified atom stereocenters. The summed E-state index contributed by atoms with van der Waals surface area (Å²) in [5.41, 5.74) is 0.459. The first-order valence-electron chi connectivity index (χ1n) is 8.74. The molecule has 0 saturated carbocycles. The molecule has 0 spiro atoms. The van der Waals surface area contributed by atoms with Crippen molar-refractivity contribution in [2.45, 2.75) is 19.1 Å². The van der Waals surface area contributed by atoms with Gasteiger partial charge in [0, 0.05) is 25.0 Å². The summed E-state index contributed by atoms with van der Waals surface area (Å²) in [6.45, 7) is 0.473. The number of carbonyl (C=O) groups is 1. The van der Waals surface area contributed by atoms with Crippen LogP contribution in [-0.4, -0.2) is 29.0 Å². The average molecular weight is 443 g/mol. The Bertz CT molecular complexity index is 1010. The van der Waals surface area contributed by atoms with Gasteiger partial charge < -0.3 is 10.2 Å². The molecule has 158 valence electrons. The van der Waals surface area contributed by atoms with Crippen LogP contribution in [0, 0.1) is 10.7 Å². The van der Waals surface area contributed by atoms with Crippen molar-refractivity contribution in [1.82, 2.24) is 9.88 Å². The van der Waals surface area contributed by atoms with Crippen LogP contribution in [0.1, 0.15) is 23.2 Å². The van der Waals surface area contributed by atoms with Gasteiger partial charge in [-0.3, -0.25) is 4.98 Å². The van der Waals surface area contributed by atoms with Gasteiger partial charge in [0.2, 0.25) is 0 Å². The molecule has 2 amide bonds. The molecular formula is C19H15ClF4N4O2. The minimum Gasteiger partial charge on any atom is -0.320 e. The smallest absolute Gasteiger partial charge is 0.320 e. The third-order valence-corrected chi connectivity index (χ3v) is 4.76. The van der Waals surface area contributed by atoms with E-state index in [-0.39, 0.29) is 18.8 Å². The molecule has 0 saturated heterocycles. The zero-order chi connectivity index (χ0) is 21.9. The number of pyridine rings is 1. The van der Waals surface area contributed by atoms with E-state index in [1.807, 2.05) is 0 Å². The van der Waals surface area contributed by atoms with Crippen molar-refractivity contribution in [1.29, 1.82) is 0 Å². The molecule has 1 aliphatic rings. The molecule has 0 atom stereocenters. The van der Waals surface area contributed by atoms with E-state index < -0.39 is 23.6 Å². The molecule has 1 N–H and O–H groups in total. The van der Waals surface area contributed by atoms with Gasteiger partial charge in [-0.25, -0.2) is 9.18 Å². The van der Waals surface area contributed by atoms with Crippen LogP contribution in [0.25, 0.3) is 5.57 Å². The van der Waals surface area contributed by atoms with Crippen LogP contribution in [0.2, 0.25) is 5.02 Å². The Hall–Kier alpha value is -3.01. The topological polar surface area (TPSA) is 74.7 Å². The molecule has 6 nitrogen and oxygen atoms in total. The molecule has 1 aromatic carbocycles. The first-order chi connectivity index (χ1) is 14.2. The summed E-state index contributed by atoms with van der Waals surface area (Å²) < 4.78 is 51.5. The molecule has 1 aliphatic heterocycles. The molecule has 0 radical (unpaired) electrons. The van der Waals surface area contributed by atoms with E-state index in [0.29, 0.717) is 41.4 Å². The van der Waals surface area contributed by atoms with E-state index in [2.05, 4.69) is 15.5 Å². The molecule has 2 heterocycles. The Balaban J connectivity index is 1.66. The molecule has 0 aliphatic carbocycles. The van der Waals surface area contributed by atoms with Crippen molar-refractivity contribution >= 4 is 28.9 Å². The number of halogens is 5. The maximum Gasteiger partial charge on any atom is 0.419 e. The summed E-state index contributed by atoms with van der Waals surface area (Å²) in [7, 11) is 0. The van der Waals surface area contributed by atoms with Gasteiger partial charge in [-0.05, 0) is 41.8 Å². The van der Waals surface area contributed by atoms with Crippen molar-refractivity contribution in [2.24, 2.45) is 5.18 Å². The van der Waals surface area contributed by atoms with Gasteiger partial charge >= 0.3 is 12.2 Å². The number of carbonyl (C=O) groups excluding carboxylic acids is 1. The molecule has 3 rings (SSSR count). The predicted octanol–water partition coefficient (Wildman–Crippen LogP) is 5.48. The maximum absolute atomic E-state index is 13.7. The van der Waals surface area contributed by atoms with Crippen LogP contribution in [0.3, 0.4) is 0 Å². The second kappa shape index (κ2) is 8.78. The standard InChI is InChI=1S/C19H15ClF4N4O2/c20-15-7-11(10-26-30)9-25-17(15)12-3-5-28(6-4-12)18(29)27-13-1-2-14(16(21)8-13)19(22,23)24/h1-3,7-9H,4-6,10H2,(H,27,29). The summed E-state index contributed by atoms with van der Waals surface area (Å²) in [6.07, 6.45) is -1.12. The molecule has 30 heavy (non-hydrogen) atoms. The largest absolute Gasteiger partial charge is 0.419 e. The van der Waals surface area contributed by atoms with Crippen LogP contribution >= 0.6 is 11.6 Å². The molecule has 2 aromatic rings. The van der Waals surface area contributed by atoms with E-state index >= 15 is 0 Å². The van der Waals surface area contributed by atoms with E-state index in [4.69, 9.17) is 11.6 Å². The third kappa shape index (κ3) is 4.93. The monoisotopic (exact) mass is 442 g/mol. The number of alkyl halides is 3. The highest BCUT2D eigenvalue weighted by Crippen LogP contribution is 2.32. The van der Waals surface area contributed by atoms with Crippen molar-refractivity contribution in [3.05, 3.63) is 69.1 Å². The third-order valence-electron chi connectivity index (χ3n) is 4.47. The lowest BCUT2D eigenvalue weighted by Gasteiger charge is -2.27. The van der Waals surface area contributed by atoms with Crippen LogP contribution in [0.4, 0.5) is 28.0 Å². The average Bonchev–Trinajstić information content (AvgIpc) is 2.67. The SMILES string of the molecule is O=NCc1cnc(C2=CCN(C(=O)Nc3ccc(C(F)(F)F)c(F)c3)CC2)c(Cl)c1. The van der Waals surface area contributed by atoms with Gasteiger partial charge in [0.1, 0.15) is 12.4 Å². The fraction of sp³-hybridized carbons (Fsp3) is 0.263. The normalized spacial score (nSPS) is 14.3. The zero-order valence-electron chi connectivity index (χ0n) is 15.3. The Morgan fingerprint density at radius 3 is 2.63 bits per heavy atom. The molecule has 0 bridgehead atoms. The highest BCUT2D eigenvalue weighted by Gasteiger charge is 2.34. The minimum atomic E-state index is -4.81. The Labute approximate surface area is 173 Å². The minimum absolute atomic E-state index is 0.0372. The highest BCUT2D eigenvalue weighted by molar-refractivity contribution is 6.32. The van der Waals surface area contributed by atoms with E-state index in [0.717, 1.165) is 11.6 Å². The van der Waals surface area contributed by atoms with Crippen molar-refractivity contribution in [3.8, 4) is 0 Å². The number of aromatic nitrogens is 1. The Kier molecular flexibility index (Phi) is 6.35. The first-order valence-corrected chi connectivity index (χ1v) is 9.12. The van der Waals surface area contributed by atoms with Gasteiger partial charge in [-0.1, -0.05) is 22.9 Å². The fourth-order valence-corrected chi connectivity index (χ4v) is 3.28. The number of hydrogen-bond acceptors (Lipinski definition) is 4. The molecule has 0 fully saturated rings. The second-order valence-electron chi connectivity index (χ2n) is 6.51. The van der Waals surface area contributed by atoms with Crippen LogP contribution in [0.5, 0.6) is 0 Å². The van der Waals surface area contributed by atoms with Gasteiger partial charge in [-0.15, -0.1) is 0 Å². The Morgan fingerprint density at radius 1 is 1.30 bits per heavy atom. The summed E-state index contributed by atoms with van der Waals surface area (Å²) >= 11 is 6.21. The number of urea groups is 1. The van der Waals surface area contributed by atoms with Crippen LogP contribution < -0.4 is 5.32 Å². The van der Waals surface area contributed by atoms with Crippen molar-refractivity contribution < 1.29 is 22.4 Å². The number of nitrogens with zero attached hydrogens (tertiary/aromatic N) is 3. The van der Waals surface area contributed by atoms with E-state index in [1.54, 1.807) is 12.1 Å². The summed E-state index contributed by atoms with van der Waals surface area (Å²) in [5.74, 6) is -1.46. The second-order valence-corrected chi connectivity index (χ2v) is 6.92. The van der Waals surface area contributed by atoms with Gasteiger partial charge in [-0.2, -0.15) is 18.1 Å². The van der Waals surface area contributed by atoms with Gasteiger partial charge in [0.15, 0.2) is 0 Å². The number of hydrogen-bond donors (Lipinski definition) is 1. The van der Waals surface area contributed by atoms with Gasteiger partial charge in [0.25, 0.3) is 0 Å². The van der Waals surface area contributed by atoms with Gasteiger partial charge in [0.05, 0.1) is 16.3 Å². The molecule has 1 aromatic heterocycles. The fourth-order valence-electron chi connectivity index (χ4n) is 2.97. The lowest BCUT2D eigenvalue weighted by Crippen LogP contribution is -2.38. The van der Waals surface area contributed by atoms with E-state index in [1.165, 1.54) is 11.1 Å². The van der Waals surface area contributed by atoms with Crippen molar-refractivity contribution in [2.75, 3.05) is 18.4 Å².